The maximum Gasteiger partial charge on any atom is 0.257 e. The van der Waals surface area contributed by atoms with Crippen LogP contribution in [0, 0.1) is 0 Å². The Labute approximate surface area is 156 Å². The van der Waals surface area contributed by atoms with Crippen LogP contribution in [-0.4, -0.2) is 35.8 Å². The fourth-order valence-corrected chi connectivity index (χ4v) is 2.79. The molecule has 0 aliphatic carbocycles. The fourth-order valence-electron chi connectivity index (χ4n) is 2.57. The normalized spacial score (nSPS) is 10.6. The molecule has 2 aromatic carbocycles. The highest BCUT2D eigenvalue weighted by Crippen LogP contribution is 2.23. The second-order valence-electron chi connectivity index (χ2n) is 6.14. The zero-order valence-electron chi connectivity index (χ0n) is 14.5. The number of aromatic nitrogens is 1. The summed E-state index contributed by atoms with van der Waals surface area (Å²) in [6.45, 7) is 0. The minimum absolute atomic E-state index is 0.0262. The summed E-state index contributed by atoms with van der Waals surface area (Å²) >= 11 is 6.12. The number of carbonyl (C=O) groups is 2. The van der Waals surface area contributed by atoms with E-state index in [1.54, 1.807) is 55.5 Å². The van der Waals surface area contributed by atoms with E-state index in [1.165, 1.54) is 0 Å². The lowest BCUT2D eigenvalue weighted by atomic mass is 10.1. The Morgan fingerprint density at radius 2 is 1.85 bits per heavy atom. The molecule has 0 saturated heterocycles. The van der Waals surface area contributed by atoms with Crippen molar-refractivity contribution in [1.29, 1.82) is 0 Å². The topological polar surface area (TPSA) is 62.3 Å². The van der Waals surface area contributed by atoms with Gasteiger partial charge in [0.2, 0.25) is 5.91 Å². The van der Waals surface area contributed by atoms with Crippen LogP contribution in [-0.2, 0) is 11.2 Å². The molecule has 0 radical (unpaired) electrons. The van der Waals surface area contributed by atoms with Crippen LogP contribution in [0.25, 0.3) is 10.9 Å². The Hall–Kier alpha value is -2.92. The second kappa shape index (κ2) is 7.54. The molecule has 1 aromatic heterocycles. The number of halogens is 1. The zero-order chi connectivity index (χ0) is 18.7. The molecule has 3 aromatic rings. The fraction of sp³-hybridized carbons (Fsp3) is 0.150. The second-order valence-corrected chi connectivity index (χ2v) is 6.58. The molecule has 0 atom stereocenters. The summed E-state index contributed by atoms with van der Waals surface area (Å²) in [5.41, 5.74) is 2.54. The maximum atomic E-state index is 12.7. The molecule has 6 heteroatoms. The SMILES string of the molecule is CN(C)C(=O)Cc1ccc(NC(=O)c2cc(Cl)cc3cccnc23)cc1. The van der Waals surface area contributed by atoms with Crippen molar-refractivity contribution in [3.05, 3.63) is 70.9 Å². The first kappa shape index (κ1) is 17.9. The molecule has 0 saturated carbocycles. The van der Waals surface area contributed by atoms with E-state index in [0.29, 0.717) is 28.2 Å². The molecule has 0 fully saturated rings. The number of anilines is 1. The molecule has 26 heavy (non-hydrogen) atoms. The van der Waals surface area contributed by atoms with Crippen LogP contribution >= 0.6 is 11.6 Å². The van der Waals surface area contributed by atoms with Crippen LogP contribution in [0.4, 0.5) is 5.69 Å². The monoisotopic (exact) mass is 367 g/mol. The van der Waals surface area contributed by atoms with Gasteiger partial charge in [-0.25, -0.2) is 0 Å². The van der Waals surface area contributed by atoms with Crippen LogP contribution in [0.1, 0.15) is 15.9 Å². The Kier molecular flexibility index (Phi) is 5.19. The Morgan fingerprint density at radius 3 is 2.54 bits per heavy atom. The molecule has 0 bridgehead atoms. The summed E-state index contributed by atoms with van der Waals surface area (Å²) in [5, 5.41) is 4.14. The molecule has 0 aliphatic heterocycles. The highest BCUT2D eigenvalue weighted by Gasteiger charge is 2.13. The van der Waals surface area contributed by atoms with Gasteiger partial charge >= 0.3 is 0 Å². The minimum atomic E-state index is -0.284. The minimum Gasteiger partial charge on any atom is -0.349 e. The van der Waals surface area contributed by atoms with Crippen molar-refractivity contribution in [3.63, 3.8) is 0 Å². The highest BCUT2D eigenvalue weighted by molar-refractivity contribution is 6.32. The third-order valence-corrected chi connectivity index (χ3v) is 4.20. The third kappa shape index (κ3) is 4.00. The molecule has 0 spiro atoms. The van der Waals surface area contributed by atoms with Crippen LogP contribution < -0.4 is 5.32 Å². The van der Waals surface area contributed by atoms with Gasteiger partial charge in [0, 0.05) is 36.4 Å². The van der Waals surface area contributed by atoms with Crippen LogP contribution in [0.15, 0.2) is 54.7 Å². The molecule has 3 rings (SSSR count). The number of carbonyl (C=O) groups excluding carboxylic acids is 2. The maximum absolute atomic E-state index is 12.7. The first-order chi connectivity index (χ1) is 12.4. The third-order valence-electron chi connectivity index (χ3n) is 3.98. The number of likely N-dealkylation sites (N-methyl/N-ethyl adjacent to an activating group) is 1. The molecule has 0 aliphatic rings. The van der Waals surface area contributed by atoms with E-state index in [-0.39, 0.29) is 11.8 Å². The van der Waals surface area contributed by atoms with Gasteiger partial charge in [-0.2, -0.15) is 0 Å². The standard InChI is InChI=1S/C20H18ClN3O2/c1-24(2)18(25)10-13-5-7-16(8-6-13)23-20(26)17-12-15(21)11-14-4-3-9-22-19(14)17/h3-9,11-12H,10H2,1-2H3,(H,23,26). The van der Waals surface area contributed by atoms with E-state index in [1.807, 2.05) is 18.2 Å². The number of hydrogen-bond donors (Lipinski definition) is 1. The van der Waals surface area contributed by atoms with E-state index in [9.17, 15) is 9.59 Å². The van der Waals surface area contributed by atoms with E-state index < -0.39 is 0 Å². The van der Waals surface area contributed by atoms with Gasteiger partial charge in [0.1, 0.15) is 0 Å². The summed E-state index contributed by atoms with van der Waals surface area (Å²) in [4.78, 5) is 30.2. The van der Waals surface area contributed by atoms with Gasteiger partial charge < -0.3 is 10.2 Å². The molecule has 2 amide bonds. The summed E-state index contributed by atoms with van der Waals surface area (Å²) in [6.07, 6.45) is 1.97. The average Bonchev–Trinajstić information content (AvgIpc) is 2.62. The van der Waals surface area contributed by atoms with Gasteiger partial charge in [0.25, 0.3) is 5.91 Å². The quantitative estimate of drug-likeness (QED) is 0.763. The van der Waals surface area contributed by atoms with Crippen molar-refractivity contribution >= 4 is 40.0 Å². The van der Waals surface area contributed by atoms with Gasteiger partial charge in [-0.15, -0.1) is 0 Å². The van der Waals surface area contributed by atoms with E-state index >= 15 is 0 Å². The highest BCUT2D eigenvalue weighted by atomic mass is 35.5. The number of nitrogens with zero attached hydrogens (tertiary/aromatic N) is 2. The van der Waals surface area contributed by atoms with Gasteiger partial charge in [0.15, 0.2) is 0 Å². The van der Waals surface area contributed by atoms with Crippen molar-refractivity contribution in [2.45, 2.75) is 6.42 Å². The predicted molar refractivity (Wildman–Crippen MR) is 104 cm³/mol. The number of nitrogens with one attached hydrogen (secondary N) is 1. The van der Waals surface area contributed by atoms with E-state index in [2.05, 4.69) is 10.3 Å². The molecule has 1 N–H and O–H groups in total. The number of benzene rings is 2. The van der Waals surface area contributed by atoms with Crippen LogP contribution in [0.2, 0.25) is 5.02 Å². The lowest BCUT2D eigenvalue weighted by molar-refractivity contribution is -0.127. The van der Waals surface area contributed by atoms with Crippen molar-refractivity contribution < 1.29 is 9.59 Å². The number of amides is 2. The Bertz CT molecular complexity index is 968. The zero-order valence-corrected chi connectivity index (χ0v) is 15.2. The summed E-state index contributed by atoms with van der Waals surface area (Å²) < 4.78 is 0. The van der Waals surface area contributed by atoms with Gasteiger partial charge in [-0.05, 0) is 35.9 Å². The molecule has 1 heterocycles. The summed E-state index contributed by atoms with van der Waals surface area (Å²) in [6, 6.07) is 14.2. The lowest BCUT2D eigenvalue weighted by Gasteiger charge is -2.11. The molecule has 0 unspecified atom stereocenters. The average molecular weight is 368 g/mol. The van der Waals surface area contributed by atoms with Crippen molar-refractivity contribution in [3.8, 4) is 0 Å². The number of fused-ring (bicyclic) bond motifs is 1. The van der Waals surface area contributed by atoms with E-state index in [0.717, 1.165) is 10.9 Å². The number of hydrogen-bond acceptors (Lipinski definition) is 3. The first-order valence-electron chi connectivity index (χ1n) is 8.09. The largest absolute Gasteiger partial charge is 0.349 e. The van der Waals surface area contributed by atoms with Gasteiger partial charge in [-0.3, -0.25) is 14.6 Å². The Morgan fingerprint density at radius 1 is 1.12 bits per heavy atom. The van der Waals surface area contributed by atoms with Gasteiger partial charge in [0.05, 0.1) is 17.5 Å². The number of rotatable bonds is 4. The smallest absolute Gasteiger partial charge is 0.257 e. The summed E-state index contributed by atoms with van der Waals surface area (Å²) in [7, 11) is 3.44. The number of pyridine rings is 1. The molecular formula is C20H18ClN3O2. The molecular weight excluding hydrogens is 350 g/mol. The van der Waals surface area contributed by atoms with Crippen LogP contribution in [0.5, 0.6) is 0 Å². The molecule has 132 valence electrons. The van der Waals surface area contributed by atoms with E-state index in [4.69, 9.17) is 11.6 Å². The van der Waals surface area contributed by atoms with Crippen molar-refractivity contribution in [2.24, 2.45) is 0 Å². The van der Waals surface area contributed by atoms with Crippen LogP contribution in [0.3, 0.4) is 0 Å². The van der Waals surface area contributed by atoms with Crippen molar-refractivity contribution in [2.75, 3.05) is 19.4 Å². The Balaban J connectivity index is 1.79. The van der Waals surface area contributed by atoms with Gasteiger partial charge in [-0.1, -0.05) is 29.8 Å². The lowest BCUT2D eigenvalue weighted by Crippen LogP contribution is -2.23. The predicted octanol–water partition coefficient (Wildman–Crippen LogP) is 3.77. The molecule has 5 nitrogen and oxygen atoms in total. The van der Waals surface area contributed by atoms with Crippen molar-refractivity contribution in [1.82, 2.24) is 9.88 Å². The summed E-state index contributed by atoms with van der Waals surface area (Å²) in [5.74, 6) is -0.258. The first-order valence-corrected chi connectivity index (χ1v) is 8.46.